The van der Waals surface area contributed by atoms with E-state index in [-0.39, 0.29) is 12.0 Å². The molecule has 0 bridgehead atoms. The Balaban J connectivity index is 1.18. The largest absolute Gasteiger partial charge is 0.368 e. The maximum absolute atomic E-state index is 12.8. The van der Waals surface area contributed by atoms with E-state index >= 15 is 0 Å². The molecule has 3 N–H and O–H groups in total. The number of fused-ring (bicyclic) bond motifs is 1. The van der Waals surface area contributed by atoms with Gasteiger partial charge in [0.1, 0.15) is 5.82 Å². The van der Waals surface area contributed by atoms with E-state index in [2.05, 4.69) is 38.1 Å². The van der Waals surface area contributed by atoms with E-state index in [1.165, 1.54) is 19.3 Å². The number of para-hydroxylation sites is 1. The summed E-state index contributed by atoms with van der Waals surface area (Å²) in [4.78, 5) is 23.8. The van der Waals surface area contributed by atoms with Crippen LogP contribution in [0.2, 0.25) is 0 Å². The molecule has 166 valence electrons. The van der Waals surface area contributed by atoms with Crippen LogP contribution in [0.25, 0.3) is 10.9 Å². The zero-order chi connectivity index (χ0) is 21.5. The lowest BCUT2D eigenvalue weighted by atomic mass is 9.88. The fraction of sp³-hybridized carbons (Fsp3) is 0.542. The summed E-state index contributed by atoms with van der Waals surface area (Å²) in [6.07, 6.45) is 6.78. The predicted octanol–water partition coefficient (Wildman–Crippen LogP) is 2.99. The summed E-state index contributed by atoms with van der Waals surface area (Å²) in [6.45, 7) is 3.09. The third-order valence-corrected chi connectivity index (χ3v) is 6.34. The molecule has 1 aromatic heterocycles. The first-order valence-electron chi connectivity index (χ1n) is 11.6. The summed E-state index contributed by atoms with van der Waals surface area (Å²) in [5, 5.41) is 11.3. The summed E-state index contributed by atoms with van der Waals surface area (Å²) in [7, 11) is 1.79. The lowest BCUT2D eigenvalue weighted by Crippen LogP contribution is -2.46. The van der Waals surface area contributed by atoms with Crippen molar-refractivity contribution >= 4 is 28.6 Å². The molecular formula is C24H34N6O. The molecule has 4 rings (SSSR count). The number of pyridine rings is 1. The van der Waals surface area contributed by atoms with E-state index in [4.69, 9.17) is 0 Å². The second-order valence-electron chi connectivity index (χ2n) is 8.56. The van der Waals surface area contributed by atoms with Gasteiger partial charge in [-0.05, 0) is 37.5 Å². The second kappa shape index (κ2) is 10.5. The highest BCUT2D eigenvalue weighted by Crippen LogP contribution is 2.26. The molecule has 2 fully saturated rings. The molecule has 2 heterocycles. The van der Waals surface area contributed by atoms with Gasteiger partial charge in [0.15, 0.2) is 5.96 Å². The van der Waals surface area contributed by atoms with Gasteiger partial charge in [-0.2, -0.15) is 0 Å². The molecule has 2 aliphatic rings. The number of aromatic nitrogens is 1. The van der Waals surface area contributed by atoms with Gasteiger partial charge in [0.05, 0.1) is 5.52 Å². The van der Waals surface area contributed by atoms with Crippen LogP contribution in [0.4, 0.5) is 5.82 Å². The van der Waals surface area contributed by atoms with Gasteiger partial charge in [-0.3, -0.25) is 9.79 Å². The van der Waals surface area contributed by atoms with Gasteiger partial charge in [-0.25, -0.2) is 4.98 Å². The molecule has 7 heteroatoms. The number of benzene rings is 1. The number of hydrogen-bond donors (Lipinski definition) is 3. The average molecular weight is 423 g/mol. The van der Waals surface area contributed by atoms with Crippen molar-refractivity contribution in [3.05, 3.63) is 36.4 Å². The van der Waals surface area contributed by atoms with Crippen molar-refractivity contribution in [3.8, 4) is 0 Å². The number of anilines is 1. The van der Waals surface area contributed by atoms with E-state index in [0.717, 1.165) is 68.1 Å². The lowest BCUT2D eigenvalue weighted by molar-refractivity contribution is -0.135. The standard InChI is InChI=1S/C24H34N6O/c1-25-24(27-15-14-26-22-12-11-18-7-5-6-10-21(18)29-22)28-20-13-16-30(17-20)23(31)19-8-3-2-4-9-19/h5-7,10-12,19-20H,2-4,8-9,13-17H2,1H3,(H,26,29)(H2,25,27,28). The van der Waals surface area contributed by atoms with Crippen molar-refractivity contribution in [3.63, 3.8) is 0 Å². The quantitative estimate of drug-likeness (QED) is 0.379. The van der Waals surface area contributed by atoms with Crippen LogP contribution >= 0.6 is 0 Å². The summed E-state index contributed by atoms with van der Waals surface area (Å²) in [6, 6.07) is 12.5. The Labute approximate surface area is 184 Å². The monoisotopic (exact) mass is 422 g/mol. The Morgan fingerprint density at radius 1 is 1.10 bits per heavy atom. The van der Waals surface area contributed by atoms with E-state index < -0.39 is 0 Å². The third-order valence-electron chi connectivity index (χ3n) is 6.34. The molecule has 0 radical (unpaired) electrons. The van der Waals surface area contributed by atoms with Crippen molar-refractivity contribution in [1.29, 1.82) is 0 Å². The first-order valence-corrected chi connectivity index (χ1v) is 11.6. The van der Waals surface area contributed by atoms with Gasteiger partial charge in [0.2, 0.25) is 5.91 Å². The normalized spacial score (nSPS) is 20.1. The number of guanidine groups is 1. The van der Waals surface area contributed by atoms with Crippen molar-refractivity contribution in [2.75, 3.05) is 38.5 Å². The summed E-state index contributed by atoms with van der Waals surface area (Å²) in [5.74, 6) is 2.26. The number of amides is 1. The first kappa shape index (κ1) is 21.4. The number of nitrogens with one attached hydrogen (secondary N) is 3. The molecule has 1 unspecified atom stereocenters. The molecular weight excluding hydrogens is 388 g/mol. The fourth-order valence-electron chi connectivity index (χ4n) is 4.61. The van der Waals surface area contributed by atoms with Crippen molar-refractivity contribution < 1.29 is 4.79 Å². The molecule has 1 amide bonds. The summed E-state index contributed by atoms with van der Waals surface area (Å²) in [5.41, 5.74) is 0.992. The molecule has 1 aliphatic carbocycles. The van der Waals surface area contributed by atoms with Crippen LogP contribution in [0.3, 0.4) is 0 Å². The van der Waals surface area contributed by atoms with Gasteiger partial charge < -0.3 is 20.9 Å². The van der Waals surface area contributed by atoms with Crippen LogP contribution in [-0.4, -0.2) is 61.0 Å². The van der Waals surface area contributed by atoms with Gasteiger partial charge in [-0.15, -0.1) is 0 Å². The van der Waals surface area contributed by atoms with E-state index in [1.807, 2.05) is 29.2 Å². The second-order valence-corrected chi connectivity index (χ2v) is 8.56. The Morgan fingerprint density at radius 2 is 1.94 bits per heavy atom. The average Bonchev–Trinajstić information content (AvgIpc) is 3.29. The van der Waals surface area contributed by atoms with Crippen molar-refractivity contribution in [1.82, 2.24) is 20.5 Å². The Kier molecular flexibility index (Phi) is 7.22. The van der Waals surface area contributed by atoms with Gasteiger partial charge in [0, 0.05) is 50.6 Å². The Morgan fingerprint density at radius 3 is 2.77 bits per heavy atom. The van der Waals surface area contributed by atoms with Crippen LogP contribution in [0.5, 0.6) is 0 Å². The van der Waals surface area contributed by atoms with Crippen LogP contribution in [0, 0.1) is 5.92 Å². The number of carbonyl (C=O) groups excluding carboxylic acids is 1. The molecule has 1 aromatic carbocycles. The smallest absolute Gasteiger partial charge is 0.225 e. The highest BCUT2D eigenvalue weighted by atomic mass is 16.2. The highest BCUT2D eigenvalue weighted by Gasteiger charge is 2.31. The molecule has 31 heavy (non-hydrogen) atoms. The summed E-state index contributed by atoms with van der Waals surface area (Å²) < 4.78 is 0. The molecule has 1 aliphatic heterocycles. The number of nitrogens with zero attached hydrogens (tertiary/aromatic N) is 3. The van der Waals surface area contributed by atoms with Crippen molar-refractivity contribution in [2.24, 2.45) is 10.9 Å². The third kappa shape index (κ3) is 5.66. The van der Waals surface area contributed by atoms with Crippen LogP contribution in [-0.2, 0) is 4.79 Å². The number of carbonyl (C=O) groups is 1. The number of likely N-dealkylation sites (tertiary alicyclic amines) is 1. The Hall–Kier alpha value is -2.83. The lowest BCUT2D eigenvalue weighted by Gasteiger charge is -2.26. The number of hydrogen-bond acceptors (Lipinski definition) is 4. The zero-order valence-corrected chi connectivity index (χ0v) is 18.4. The maximum Gasteiger partial charge on any atom is 0.225 e. The number of aliphatic imine (C=N–C) groups is 1. The van der Waals surface area contributed by atoms with E-state index in [9.17, 15) is 4.79 Å². The number of rotatable bonds is 6. The minimum absolute atomic E-state index is 0.250. The molecule has 7 nitrogen and oxygen atoms in total. The van der Waals surface area contributed by atoms with Crippen LogP contribution in [0.1, 0.15) is 38.5 Å². The van der Waals surface area contributed by atoms with Gasteiger partial charge in [-0.1, -0.05) is 37.5 Å². The van der Waals surface area contributed by atoms with Crippen LogP contribution in [0.15, 0.2) is 41.4 Å². The van der Waals surface area contributed by atoms with Gasteiger partial charge >= 0.3 is 0 Å². The van der Waals surface area contributed by atoms with E-state index in [0.29, 0.717) is 5.91 Å². The molecule has 1 saturated carbocycles. The Bertz CT molecular complexity index is 908. The fourth-order valence-corrected chi connectivity index (χ4v) is 4.61. The predicted molar refractivity (Wildman–Crippen MR) is 126 cm³/mol. The molecule has 1 atom stereocenters. The van der Waals surface area contributed by atoms with Crippen LogP contribution < -0.4 is 16.0 Å². The summed E-state index contributed by atoms with van der Waals surface area (Å²) >= 11 is 0. The van der Waals surface area contributed by atoms with Gasteiger partial charge in [0.25, 0.3) is 0 Å². The molecule has 1 saturated heterocycles. The van der Waals surface area contributed by atoms with E-state index in [1.54, 1.807) is 7.05 Å². The highest BCUT2D eigenvalue weighted by molar-refractivity contribution is 5.82. The van der Waals surface area contributed by atoms with Crippen molar-refractivity contribution in [2.45, 2.75) is 44.6 Å². The first-order chi connectivity index (χ1) is 15.2. The minimum Gasteiger partial charge on any atom is -0.368 e. The maximum atomic E-state index is 12.8. The molecule has 2 aromatic rings. The zero-order valence-electron chi connectivity index (χ0n) is 18.4. The topological polar surface area (TPSA) is 81.7 Å². The minimum atomic E-state index is 0.250. The molecule has 0 spiro atoms. The SMILES string of the molecule is CN=C(NCCNc1ccc2ccccc2n1)NC1CCN(C(=O)C2CCCCC2)C1.